The van der Waals surface area contributed by atoms with Gasteiger partial charge in [0.25, 0.3) is 5.91 Å². The SMILES string of the molecule is O=C(NC[C@@H]1CCCO1)C1=NO[C@]2(CCN(c3ncccn3)C2)C1. The van der Waals surface area contributed by atoms with E-state index in [1.54, 1.807) is 18.5 Å². The molecular formula is C16H21N5O3. The molecule has 0 aromatic carbocycles. The molecule has 0 bridgehead atoms. The van der Waals surface area contributed by atoms with Crippen molar-refractivity contribution < 1.29 is 14.4 Å². The van der Waals surface area contributed by atoms with Crippen molar-refractivity contribution in [2.24, 2.45) is 5.16 Å². The van der Waals surface area contributed by atoms with Crippen molar-refractivity contribution in [3.8, 4) is 0 Å². The van der Waals surface area contributed by atoms with Crippen LogP contribution in [-0.2, 0) is 14.4 Å². The zero-order valence-electron chi connectivity index (χ0n) is 13.5. The maximum atomic E-state index is 12.3. The lowest BCUT2D eigenvalue weighted by Crippen LogP contribution is -2.39. The normalized spacial score (nSPS) is 28.9. The van der Waals surface area contributed by atoms with Crippen LogP contribution in [0.1, 0.15) is 25.7 Å². The van der Waals surface area contributed by atoms with Gasteiger partial charge >= 0.3 is 0 Å². The minimum absolute atomic E-state index is 0.128. The van der Waals surface area contributed by atoms with E-state index in [0.717, 1.165) is 32.4 Å². The van der Waals surface area contributed by atoms with Crippen molar-refractivity contribution >= 4 is 17.6 Å². The predicted molar refractivity (Wildman–Crippen MR) is 86.7 cm³/mol. The molecule has 3 aliphatic rings. The Kier molecular flexibility index (Phi) is 4.05. The van der Waals surface area contributed by atoms with E-state index in [1.807, 2.05) is 0 Å². The van der Waals surface area contributed by atoms with Crippen molar-refractivity contribution in [3.05, 3.63) is 18.5 Å². The van der Waals surface area contributed by atoms with Gasteiger partial charge in [-0.3, -0.25) is 4.79 Å². The Bertz CT molecular complexity index is 632. The Hall–Kier alpha value is -2.22. The molecule has 24 heavy (non-hydrogen) atoms. The molecule has 4 rings (SSSR count). The smallest absolute Gasteiger partial charge is 0.269 e. The van der Waals surface area contributed by atoms with Gasteiger partial charge in [-0.1, -0.05) is 5.16 Å². The fraction of sp³-hybridized carbons (Fsp3) is 0.625. The third-order valence-electron chi connectivity index (χ3n) is 4.77. The quantitative estimate of drug-likeness (QED) is 0.864. The summed E-state index contributed by atoms with van der Waals surface area (Å²) in [6.07, 6.45) is 6.96. The zero-order valence-corrected chi connectivity index (χ0v) is 13.5. The number of nitrogens with zero attached hydrogens (tertiary/aromatic N) is 4. The summed E-state index contributed by atoms with van der Waals surface area (Å²) < 4.78 is 5.52. The maximum absolute atomic E-state index is 12.3. The zero-order chi connectivity index (χ0) is 16.4. The number of ether oxygens (including phenoxy) is 1. The number of amides is 1. The van der Waals surface area contributed by atoms with Crippen LogP contribution in [0, 0.1) is 0 Å². The van der Waals surface area contributed by atoms with Gasteiger partial charge in [-0.2, -0.15) is 0 Å². The highest BCUT2D eigenvalue weighted by Crippen LogP contribution is 2.35. The number of aromatic nitrogens is 2. The van der Waals surface area contributed by atoms with Crippen LogP contribution in [0.2, 0.25) is 0 Å². The summed E-state index contributed by atoms with van der Waals surface area (Å²) in [5.41, 5.74) is 0.0271. The highest BCUT2D eigenvalue weighted by atomic mass is 16.7. The minimum atomic E-state index is -0.435. The van der Waals surface area contributed by atoms with E-state index in [2.05, 4.69) is 25.3 Å². The summed E-state index contributed by atoms with van der Waals surface area (Å²) in [7, 11) is 0. The monoisotopic (exact) mass is 331 g/mol. The van der Waals surface area contributed by atoms with Crippen LogP contribution in [0.3, 0.4) is 0 Å². The largest absolute Gasteiger partial charge is 0.386 e. The van der Waals surface area contributed by atoms with Crippen molar-refractivity contribution in [2.75, 3.05) is 31.1 Å². The van der Waals surface area contributed by atoms with E-state index in [9.17, 15) is 4.79 Å². The molecule has 1 N–H and O–H groups in total. The van der Waals surface area contributed by atoms with Crippen molar-refractivity contribution in [1.82, 2.24) is 15.3 Å². The lowest BCUT2D eigenvalue weighted by molar-refractivity contribution is -0.115. The number of carbonyl (C=O) groups excluding carboxylic acids is 1. The molecule has 2 atom stereocenters. The number of rotatable bonds is 4. The van der Waals surface area contributed by atoms with Crippen LogP contribution in [0.25, 0.3) is 0 Å². The number of hydrogen-bond acceptors (Lipinski definition) is 7. The minimum Gasteiger partial charge on any atom is -0.386 e. The van der Waals surface area contributed by atoms with Gasteiger partial charge in [0.1, 0.15) is 5.71 Å². The molecule has 1 aromatic rings. The van der Waals surface area contributed by atoms with Gasteiger partial charge < -0.3 is 19.8 Å². The molecule has 128 valence electrons. The highest BCUT2D eigenvalue weighted by Gasteiger charge is 2.47. The summed E-state index contributed by atoms with van der Waals surface area (Å²) in [5.74, 6) is 0.533. The van der Waals surface area contributed by atoms with E-state index in [1.165, 1.54) is 0 Å². The highest BCUT2D eigenvalue weighted by molar-refractivity contribution is 6.39. The standard InChI is InChI=1S/C16H21N5O3/c22-14(19-10-12-3-1-8-23-12)13-9-16(24-20-13)4-7-21(11-16)15-17-5-2-6-18-15/h2,5-6,12H,1,3-4,7-11H2,(H,19,22)/t12-,16+/m0/s1. The molecule has 1 amide bonds. The number of carbonyl (C=O) groups is 1. The first kappa shape index (κ1) is 15.3. The second kappa shape index (κ2) is 6.35. The molecule has 2 saturated heterocycles. The summed E-state index contributed by atoms with van der Waals surface area (Å²) in [5, 5.41) is 6.94. The van der Waals surface area contributed by atoms with Gasteiger partial charge in [0.2, 0.25) is 5.95 Å². The first-order valence-electron chi connectivity index (χ1n) is 8.41. The lowest BCUT2D eigenvalue weighted by Gasteiger charge is -2.21. The molecule has 1 aromatic heterocycles. The van der Waals surface area contributed by atoms with Gasteiger partial charge in [0, 0.05) is 44.9 Å². The molecule has 3 aliphatic heterocycles. The molecule has 0 aliphatic carbocycles. The van der Waals surface area contributed by atoms with E-state index >= 15 is 0 Å². The van der Waals surface area contributed by atoms with Crippen LogP contribution in [-0.4, -0.2) is 59.5 Å². The Morgan fingerprint density at radius 2 is 2.29 bits per heavy atom. The first-order valence-corrected chi connectivity index (χ1v) is 8.41. The Balaban J connectivity index is 1.31. The average Bonchev–Trinajstić information content (AvgIpc) is 3.36. The van der Waals surface area contributed by atoms with E-state index in [4.69, 9.17) is 9.57 Å². The predicted octanol–water partition coefficient (Wildman–Crippen LogP) is 0.497. The van der Waals surface area contributed by atoms with Crippen LogP contribution < -0.4 is 10.2 Å². The third-order valence-corrected chi connectivity index (χ3v) is 4.77. The fourth-order valence-corrected chi connectivity index (χ4v) is 3.45. The second-order valence-electron chi connectivity index (χ2n) is 6.55. The van der Waals surface area contributed by atoms with Crippen LogP contribution in [0.4, 0.5) is 5.95 Å². The van der Waals surface area contributed by atoms with E-state index in [0.29, 0.717) is 31.2 Å². The van der Waals surface area contributed by atoms with Crippen LogP contribution in [0.5, 0.6) is 0 Å². The molecule has 8 nitrogen and oxygen atoms in total. The van der Waals surface area contributed by atoms with Gasteiger partial charge in [-0.15, -0.1) is 0 Å². The Morgan fingerprint density at radius 1 is 1.42 bits per heavy atom. The molecule has 0 radical (unpaired) electrons. The second-order valence-corrected chi connectivity index (χ2v) is 6.55. The fourth-order valence-electron chi connectivity index (χ4n) is 3.45. The summed E-state index contributed by atoms with van der Waals surface area (Å²) in [6, 6.07) is 1.79. The summed E-state index contributed by atoms with van der Waals surface area (Å²) >= 11 is 0. The van der Waals surface area contributed by atoms with Crippen molar-refractivity contribution in [3.63, 3.8) is 0 Å². The maximum Gasteiger partial charge on any atom is 0.269 e. The number of anilines is 1. The van der Waals surface area contributed by atoms with Gasteiger partial charge in [-0.25, -0.2) is 9.97 Å². The van der Waals surface area contributed by atoms with Crippen LogP contribution >= 0.6 is 0 Å². The Morgan fingerprint density at radius 3 is 3.08 bits per heavy atom. The van der Waals surface area contributed by atoms with E-state index < -0.39 is 5.60 Å². The molecular weight excluding hydrogens is 310 g/mol. The number of hydrogen-bond donors (Lipinski definition) is 1. The van der Waals surface area contributed by atoms with Crippen molar-refractivity contribution in [1.29, 1.82) is 0 Å². The van der Waals surface area contributed by atoms with Crippen LogP contribution in [0.15, 0.2) is 23.6 Å². The lowest BCUT2D eigenvalue weighted by atomic mass is 9.96. The molecule has 0 saturated carbocycles. The summed E-state index contributed by atoms with van der Waals surface area (Å²) in [4.78, 5) is 28.6. The third kappa shape index (κ3) is 3.06. The molecule has 4 heterocycles. The topological polar surface area (TPSA) is 88.9 Å². The molecule has 8 heteroatoms. The van der Waals surface area contributed by atoms with Gasteiger partial charge in [0.15, 0.2) is 5.60 Å². The molecule has 2 fully saturated rings. The first-order chi connectivity index (χ1) is 11.7. The van der Waals surface area contributed by atoms with E-state index in [-0.39, 0.29) is 12.0 Å². The molecule has 0 unspecified atom stereocenters. The molecule has 1 spiro atoms. The van der Waals surface area contributed by atoms with Gasteiger partial charge in [0.05, 0.1) is 12.6 Å². The average molecular weight is 331 g/mol. The Labute approximate surface area is 140 Å². The number of oxime groups is 1. The number of nitrogens with one attached hydrogen (secondary N) is 1. The van der Waals surface area contributed by atoms with Gasteiger partial charge in [-0.05, 0) is 18.9 Å². The van der Waals surface area contributed by atoms with Crippen molar-refractivity contribution in [2.45, 2.75) is 37.4 Å². The summed E-state index contributed by atoms with van der Waals surface area (Å²) in [6.45, 7) is 2.76.